The zero-order valence-corrected chi connectivity index (χ0v) is 34.4. The van der Waals surface area contributed by atoms with Gasteiger partial charge in [-0.15, -0.1) is 0 Å². The Morgan fingerprint density at radius 2 is 0.633 bits per heavy atom. The molecule has 0 saturated heterocycles. The highest BCUT2D eigenvalue weighted by atomic mass is 14.9. The first-order valence-corrected chi connectivity index (χ1v) is 21.0. The molecule has 1 aromatic heterocycles. The molecule has 11 rings (SSSR count). The van der Waals surface area contributed by atoms with Gasteiger partial charge in [0.2, 0.25) is 0 Å². The molecular formula is C58H44N2. The third kappa shape index (κ3) is 5.86. The standard InChI is InChI=1S/C58H44N2/c1-57(2)50-25-10-8-23-46(50)48-29-27-41(34-52(48)57)39-18-13-21-44(32-39)55-36-54(43-20-12-17-38(31-43)37-15-6-5-7-16-37)59-56(60-55)45-22-14-19-40(33-45)42-28-30-49-47-24-9-11-26-51(47)58(3,4)53(49)35-42/h5-36H,1-4H3. The van der Waals surface area contributed by atoms with Crippen molar-refractivity contribution < 1.29 is 0 Å². The fraction of sp³-hybridized carbons (Fsp3) is 0.103. The van der Waals surface area contributed by atoms with Crippen LogP contribution in [0, 0.1) is 0 Å². The molecule has 2 nitrogen and oxygen atoms in total. The maximum Gasteiger partial charge on any atom is 0.160 e. The van der Waals surface area contributed by atoms with Crippen LogP contribution in [0.4, 0.5) is 0 Å². The van der Waals surface area contributed by atoms with E-state index in [4.69, 9.17) is 9.97 Å². The lowest BCUT2D eigenvalue weighted by atomic mass is 9.81. The molecule has 0 amide bonds. The highest BCUT2D eigenvalue weighted by molar-refractivity contribution is 5.86. The summed E-state index contributed by atoms with van der Waals surface area (Å²) in [5.74, 6) is 0.700. The van der Waals surface area contributed by atoms with Crippen molar-refractivity contribution in [3.05, 3.63) is 216 Å². The SMILES string of the molecule is CC1(C)c2ccccc2-c2ccc(-c3cccc(-c4cc(-c5cccc(-c6ccccc6)c5)nc(-c5cccc(-c6ccc7c(c6)C(C)(C)c6ccccc6-7)c5)n4)c3)cc21. The van der Waals surface area contributed by atoms with Crippen LogP contribution in [0.15, 0.2) is 194 Å². The fourth-order valence-corrected chi connectivity index (χ4v) is 9.82. The zero-order valence-electron chi connectivity index (χ0n) is 34.4. The van der Waals surface area contributed by atoms with E-state index in [0.717, 1.165) is 39.2 Å². The highest BCUT2D eigenvalue weighted by Gasteiger charge is 2.36. The van der Waals surface area contributed by atoms with Gasteiger partial charge in [0.25, 0.3) is 0 Å². The number of hydrogen-bond acceptors (Lipinski definition) is 2. The van der Waals surface area contributed by atoms with Crippen LogP contribution in [-0.2, 0) is 10.8 Å². The van der Waals surface area contributed by atoms with Crippen LogP contribution in [0.25, 0.3) is 89.5 Å². The number of rotatable bonds is 6. The van der Waals surface area contributed by atoms with E-state index in [2.05, 4.69) is 222 Å². The van der Waals surface area contributed by atoms with E-state index < -0.39 is 0 Å². The van der Waals surface area contributed by atoms with Crippen LogP contribution >= 0.6 is 0 Å². The number of fused-ring (bicyclic) bond motifs is 6. The molecule has 2 heteroatoms. The van der Waals surface area contributed by atoms with Crippen LogP contribution in [0.5, 0.6) is 0 Å². The minimum Gasteiger partial charge on any atom is -0.228 e. The maximum absolute atomic E-state index is 5.35. The van der Waals surface area contributed by atoms with E-state index >= 15 is 0 Å². The van der Waals surface area contributed by atoms with E-state index in [-0.39, 0.29) is 10.8 Å². The Bertz CT molecular complexity index is 2980. The molecule has 0 bridgehead atoms. The van der Waals surface area contributed by atoms with Gasteiger partial charge in [-0.1, -0.05) is 185 Å². The predicted molar refractivity (Wildman–Crippen MR) is 250 cm³/mol. The van der Waals surface area contributed by atoms with Gasteiger partial charge in [0, 0.05) is 27.5 Å². The van der Waals surface area contributed by atoms with Gasteiger partial charge in [-0.2, -0.15) is 0 Å². The minimum atomic E-state index is -0.0737. The monoisotopic (exact) mass is 768 g/mol. The molecule has 0 unspecified atom stereocenters. The molecule has 8 aromatic carbocycles. The van der Waals surface area contributed by atoms with Gasteiger partial charge in [-0.05, 0) is 114 Å². The largest absolute Gasteiger partial charge is 0.228 e. The van der Waals surface area contributed by atoms with Gasteiger partial charge in [0.1, 0.15) is 0 Å². The van der Waals surface area contributed by atoms with Gasteiger partial charge < -0.3 is 0 Å². The van der Waals surface area contributed by atoms with Crippen LogP contribution in [-0.4, -0.2) is 9.97 Å². The second-order valence-corrected chi connectivity index (χ2v) is 17.4. The smallest absolute Gasteiger partial charge is 0.160 e. The first kappa shape index (κ1) is 36.0. The van der Waals surface area contributed by atoms with Gasteiger partial charge in [0.05, 0.1) is 11.4 Å². The summed E-state index contributed by atoms with van der Waals surface area (Å²) in [5, 5.41) is 0. The summed E-state index contributed by atoms with van der Waals surface area (Å²) >= 11 is 0. The van der Waals surface area contributed by atoms with E-state index in [1.54, 1.807) is 0 Å². The molecule has 1 heterocycles. The first-order chi connectivity index (χ1) is 29.2. The molecule has 286 valence electrons. The van der Waals surface area contributed by atoms with E-state index in [1.807, 2.05) is 0 Å². The molecule has 0 fully saturated rings. The molecular weight excluding hydrogens is 725 g/mol. The summed E-state index contributed by atoms with van der Waals surface area (Å²) in [4.78, 5) is 10.7. The number of hydrogen-bond donors (Lipinski definition) is 0. The van der Waals surface area contributed by atoms with Crippen molar-refractivity contribution in [2.24, 2.45) is 0 Å². The molecule has 0 aliphatic heterocycles. The third-order valence-corrected chi connectivity index (χ3v) is 13.1. The molecule has 0 atom stereocenters. The lowest BCUT2D eigenvalue weighted by Crippen LogP contribution is -2.14. The lowest BCUT2D eigenvalue weighted by Gasteiger charge is -2.22. The maximum atomic E-state index is 5.35. The van der Waals surface area contributed by atoms with E-state index in [0.29, 0.717) is 5.82 Å². The molecule has 9 aromatic rings. The van der Waals surface area contributed by atoms with Crippen molar-refractivity contribution in [1.29, 1.82) is 0 Å². The second-order valence-electron chi connectivity index (χ2n) is 17.4. The first-order valence-electron chi connectivity index (χ1n) is 21.0. The third-order valence-electron chi connectivity index (χ3n) is 13.1. The van der Waals surface area contributed by atoms with Crippen molar-refractivity contribution in [2.75, 3.05) is 0 Å². The summed E-state index contributed by atoms with van der Waals surface area (Å²) in [6.45, 7) is 9.36. The van der Waals surface area contributed by atoms with Gasteiger partial charge in [0.15, 0.2) is 5.82 Å². The fourth-order valence-electron chi connectivity index (χ4n) is 9.82. The molecule has 2 aliphatic rings. The van der Waals surface area contributed by atoms with Crippen molar-refractivity contribution >= 4 is 0 Å². The Balaban J connectivity index is 1.02. The van der Waals surface area contributed by atoms with Crippen LogP contribution in [0.1, 0.15) is 49.9 Å². The van der Waals surface area contributed by atoms with Crippen LogP contribution in [0.2, 0.25) is 0 Å². The second kappa shape index (κ2) is 13.7. The summed E-state index contributed by atoms with van der Waals surface area (Å²) in [7, 11) is 0. The van der Waals surface area contributed by atoms with Gasteiger partial charge >= 0.3 is 0 Å². The summed E-state index contributed by atoms with van der Waals surface area (Å²) in [5.41, 5.74) is 22.6. The Morgan fingerprint density at radius 3 is 1.15 bits per heavy atom. The normalized spacial score (nSPS) is 13.9. The molecule has 60 heavy (non-hydrogen) atoms. The number of benzene rings is 8. The Morgan fingerprint density at radius 1 is 0.267 bits per heavy atom. The predicted octanol–water partition coefficient (Wildman–Crippen LogP) is 15.1. The van der Waals surface area contributed by atoms with Crippen molar-refractivity contribution in [2.45, 2.75) is 38.5 Å². The number of aromatic nitrogens is 2. The topological polar surface area (TPSA) is 25.8 Å². The summed E-state index contributed by atoms with van der Waals surface area (Å²) in [6, 6.07) is 70.5. The van der Waals surface area contributed by atoms with Crippen molar-refractivity contribution in [1.82, 2.24) is 9.97 Å². The lowest BCUT2D eigenvalue weighted by molar-refractivity contribution is 0.660. The Labute approximate surface area is 353 Å². The van der Waals surface area contributed by atoms with Crippen molar-refractivity contribution in [3.8, 4) is 89.5 Å². The minimum absolute atomic E-state index is 0.0696. The quantitative estimate of drug-likeness (QED) is 0.168. The zero-order chi connectivity index (χ0) is 40.6. The van der Waals surface area contributed by atoms with Crippen LogP contribution < -0.4 is 0 Å². The average molecular weight is 769 g/mol. The average Bonchev–Trinajstić information content (AvgIpc) is 3.68. The number of nitrogens with zero attached hydrogens (tertiary/aromatic N) is 2. The Kier molecular flexibility index (Phi) is 8.22. The highest BCUT2D eigenvalue weighted by Crippen LogP contribution is 2.51. The van der Waals surface area contributed by atoms with E-state index in [9.17, 15) is 0 Å². The summed E-state index contributed by atoms with van der Waals surface area (Å²) in [6.07, 6.45) is 0. The molecule has 2 aliphatic carbocycles. The van der Waals surface area contributed by atoms with E-state index in [1.165, 1.54) is 66.8 Å². The van der Waals surface area contributed by atoms with Crippen LogP contribution in [0.3, 0.4) is 0 Å². The molecule has 0 radical (unpaired) electrons. The molecule has 0 N–H and O–H groups in total. The van der Waals surface area contributed by atoms with Crippen molar-refractivity contribution in [3.63, 3.8) is 0 Å². The molecule has 0 spiro atoms. The van der Waals surface area contributed by atoms with Gasteiger partial charge in [-0.25, -0.2) is 9.97 Å². The Hall–Kier alpha value is -7.16. The van der Waals surface area contributed by atoms with Gasteiger partial charge in [-0.3, -0.25) is 0 Å². The molecule has 0 saturated carbocycles. The summed E-state index contributed by atoms with van der Waals surface area (Å²) < 4.78 is 0.